The zero-order valence-corrected chi connectivity index (χ0v) is 14.1. The smallest absolute Gasteiger partial charge is 0.338 e. The minimum absolute atomic E-state index is 0.0477. The van der Waals surface area contributed by atoms with Gasteiger partial charge in [-0.05, 0) is 46.2 Å². The lowest BCUT2D eigenvalue weighted by atomic mass is 10.2. The molecule has 104 valence electrons. The van der Waals surface area contributed by atoms with Crippen molar-refractivity contribution in [1.29, 1.82) is 0 Å². The number of carboxylic acids is 1. The maximum absolute atomic E-state index is 12.2. The van der Waals surface area contributed by atoms with Crippen molar-refractivity contribution in [3.05, 3.63) is 48.3 Å². The Bertz CT molecular complexity index is 702. The number of thiophene rings is 1. The first-order chi connectivity index (χ1) is 9.40. The van der Waals surface area contributed by atoms with E-state index in [-0.39, 0.29) is 10.6 Å². The molecular formula is C12H6Cl2INO3S. The predicted molar refractivity (Wildman–Crippen MR) is 88.4 cm³/mol. The number of halogens is 3. The van der Waals surface area contributed by atoms with Gasteiger partial charge in [-0.15, -0.1) is 11.3 Å². The Labute approximate surface area is 141 Å². The number of rotatable bonds is 3. The van der Waals surface area contributed by atoms with Crippen LogP contribution in [0.3, 0.4) is 0 Å². The molecule has 1 amide bonds. The van der Waals surface area contributed by atoms with Crippen molar-refractivity contribution in [3.8, 4) is 0 Å². The molecule has 0 atom stereocenters. The average Bonchev–Trinajstić information content (AvgIpc) is 2.81. The van der Waals surface area contributed by atoms with Gasteiger partial charge in [0.15, 0.2) is 0 Å². The van der Waals surface area contributed by atoms with E-state index in [0.29, 0.717) is 19.2 Å². The van der Waals surface area contributed by atoms with Crippen molar-refractivity contribution >= 4 is 74.0 Å². The zero-order chi connectivity index (χ0) is 14.9. The summed E-state index contributed by atoms with van der Waals surface area (Å²) in [6.45, 7) is 0. The second-order valence-electron chi connectivity index (χ2n) is 3.67. The molecule has 0 saturated heterocycles. The van der Waals surface area contributed by atoms with Crippen LogP contribution >= 0.6 is 57.1 Å². The summed E-state index contributed by atoms with van der Waals surface area (Å²) in [6.07, 6.45) is 0. The Balaban J connectivity index is 2.33. The molecule has 0 radical (unpaired) electrons. The molecule has 0 spiro atoms. The molecule has 1 heterocycles. The quantitative estimate of drug-likeness (QED) is 0.539. The molecule has 20 heavy (non-hydrogen) atoms. The fourth-order valence-electron chi connectivity index (χ4n) is 1.47. The second-order valence-corrected chi connectivity index (χ2v) is 6.51. The zero-order valence-electron chi connectivity index (χ0n) is 9.62. The number of carboxylic acid groups (broad SMARTS) is 1. The summed E-state index contributed by atoms with van der Waals surface area (Å²) in [7, 11) is 0. The maximum Gasteiger partial charge on any atom is 0.338 e. The van der Waals surface area contributed by atoms with E-state index in [4.69, 9.17) is 28.3 Å². The number of aromatic carboxylic acids is 1. The average molecular weight is 442 g/mol. The first kappa shape index (κ1) is 15.6. The molecule has 2 aromatic rings. The molecule has 0 saturated carbocycles. The molecule has 0 aliphatic carbocycles. The summed E-state index contributed by atoms with van der Waals surface area (Å²) < 4.78 is 0.555. The summed E-state index contributed by atoms with van der Waals surface area (Å²) in [5, 5.41) is 14.1. The Morgan fingerprint density at radius 3 is 2.60 bits per heavy atom. The second kappa shape index (κ2) is 6.30. The highest BCUT2D eigenvalue weighted by Gasteiger charge is 2.18. The van der Waals surface area contributed by atoms with Crippen molar-refractivity contribution < 1.29 is 14.7 Å². The summed E-state index contributed by atoms with van der Waals surface area (Å²) in [5.41, 5.74) is 0.347. The van der Waals surface area contributed by atoms with Crippen molar-refractivity contribution in [2.75, 3.05) is 5.32 Å². The first-order valence-electron chi connectivity index (χ1n) is 5.17. The third kappa shape index (κ3) is 3.25. The molecule has 0 bridgehead atoms. The van der Waals surface area contributed by atoms with Gasteiger partial charge >= 0.3 is 5.97 Å². The highest BCUT2D eigenvalue weighted by atomic mass is 127. The molecule has 1 aromatic carbocycles. The molecule has 0 unspecified atom stereocenters. The van der Waals surface area contributed by atoms with Gasteiger partial charge in [-0.2, -0.15) is 0 Å². The molecule has 0 fully saturated rings. The number of anilines is 1. The lowest BCUT2D eigenvalue weighted by molar-refractivity contribution is 0.0698. The van der Waals surface area contributed by atoms with Gasteiger partial charge in [-0.1, -0.05) is 23.2 Å². The number of carbonyl (C=O) groups excluding carboxylic acids is 1. The lowest BCUT2D eigenvalue weighted by Gasteiger charge is -2.08. The fourth-order valence-corrected chi connectivity index (χ4v) is 3.29. The van der Waals surface area contributed by atoms with Gasteiger partial charge in [0, 0.05) is 8.59 Å². The van der Waals surface area contributed by atoms with Crippen LogP contribution in [-0.4, -0.2) is 17.0 Å². The molecule has 8 heteroatoms. The monoisotopic (exact) mass is 441 g/mol. The highest BCUT2D eigenvalue weighted by Crippen LogP contribution is 2.29. The van der Waals surface area contributed by atoms with E-state index < -0.39 is 11.9 Å². The Morgan fingerprint density at radius 1 is 1.25 bits per heavy atom. The van der Waals surface area contributed by atoms with E-state index in [0.717, 1.165) is 11.3 Å². The Morgan fingerprint density at radius 2 is 1.95 bits per heavy atom. The van der Waals surface area contributed by atoms with Crippen LogP contribution in [0, 0.1) is 3.57 Å². The minimum atomic E-state index is -1.10. The maximum atomic E-state index is 12.2. The first-order valence-corrected chi connectivity index (χ1v) is 7.88. The number of benzene rings is 1. The van der Waals surface area contributed by atoms with Crippen LogP contribution in [0.1, 0.15) is 20.7 Å². The highest BCUT2D eigenvalue weighted by molar-refractivity contribution is 14.1. The Kier molecular flexibility index (Phi) is 4.90. The van der Waals surface area contributed by atoms with E-state index >= 15 is 0 Å². The van der Waals surface area contributed by atoms with E-state index in [9.17, 15) is 9.59 Å². The van der Waals surface area contributed by atoms with Crippen molar-refractivity contribution in [1.82, 2.24) is 0 Å². The van der Waals surface area contributed by atoms with Gasteiger partial charge in [0.1, 0.15) is 5.00 Å². The van der Waals surface area contributed by atoms with Gasteiger partial charge in [0.2, 0.25) is 0 Å². The third-order valence-electron chi connectivity index (χ3n) is 2.36. The number of hydrogen-bond acceptors (Lipinski definition) is 3. The molecule has 0 aliphatic heterocycles. The van der Waals surface area contributed by atoms with Crippen molar-refractivity contribution in [2.45, 2.75) is 0 Å². The van der Waals surface area contributed by atoms with Gasteiger partial charge in [0.05, 0.1) is 16.1 Å². The topological polar surface area (TPSA) is 66.4 Å². The van der Waals surface area contributed by atoms with Gasteiger partial charge < -0.3 is 10.4 Å². The van der Waals surface area contributed by atoms with Crippen LogP contribution < -0.4 is 5.32 Å². The van der Waals surface area contributed by atoms with Crippen LogP contribution in [-0.2, 0) is 0 Å². The fraction of sp³-hybridized carbons (Fsp3) is 0. The molecule has 2 rings (SSSR count). The van der Waals surface area contributed by atoms with Crippen LogP contribution in [0.15, 0.2) is 23.6 Å². The molecule has 1 aromatic heterocycles. The summed E-state index contributed by atoms with van der Waals surface area (Å²) in [5.74, 6) is -1.55. The lowest BCUT2D eigenvalue weighted by Crippen LogP contribution is -2.14. The van der Waals surface area contributed by atoms with Crippen LogP contribution in [0.25, 0.3) is 0 Å². The van der Waals surface area contributed by atoms with Gasteiger partial charge in [-0.25, -0.2) is 4.79 Å². The van der Waals surface area contributed by atoms with Crippen LogP contribution in [0.5, 0.6) is 0 Å². The normalized spacial score (nSPS) is 10.3. The van der Waals surface area contributed by atoms with E-state index in [1.807, 2.05) is 22.6 Å². The number of carbonyl (C=O) groups is 2. The van der Waals surface area contributed by atoms with E-state index in [1.54, 1.807) is 5.38 Å². The molecule has 0 aliphatic rings. The largest absolute Gasteiger partial charge is 0.478 e. The summed E-state index contributed by atoms with van der Waals surface area (Å²) in [6, 6.07) is 4.45. The van der Waals surface area contributed by atoms with E-state index in [1.165, 1.54) is 18.2 Å². The molecule has 2 N–H and O–H groups in total. The van der Waals surface area contributed by atoms with Crippen LogP contribution in [0.4, 0.5) is 5.00 Å². The van der Waals surface area contributed by atoms with Crippen molar-refractivity contribution in [3.63, 3.8) is 0 Å². The van der Waals surface area contributed by atoms with E-state index in [2.05, 4.69) is 5.32 Å². The third-order valence-corrected chi connectivity index (χ3v) is 5.19. The molecular weight excluding hydrogens is 436 g/mol. The van der Waals surface area contributed by atoms with Crippen molar-refractivity contribution in [2.24, 2.45) is 0 Å². The summed E-state index contributed by atoms with van der Waals surface area (Å²) in [4.78, 5) is 23.2. The summed E-state index contributed by atoms with van der Waals surface area (Å²) >= 11 is 14.9. The standard InChI is InChI=1S/C12H6Cl2INO3S/c13-5-3-7(9(15)8(14)4-5)10(17)16-11-6(12(18)19)1-2-20-11/h1-4H,(H,16,17)(H,18,19). The minimum Gasteiger partial charge on any atom is -0.478 e. The Hall–Kier alpha value is -0.830. The van der Waals surface area contributed by atoms with Gasteiger partial charge in [0.25, 0.3) is 5.91 Å². The number of amides is 1. The SMILES string of the molecule is O=C(O)c1ccsc1NC(=O)c1cc(Cl)cc(Cl)c1I. The number of hydrogen-bond donors (Lipinski definition) is 2. The predicted octanol–water partition coefficient (Wildman–Crippen LogP) is 4.61. The molecule has 4 nitrogen and oxygen atoms in total. The van der Waals surface area contributed by atoms with Crippen LogP contribution in [0.2, 0.25) is 10.0 Å². The number of nitrogens with one attached hydrogen (secondary N) is 1. The van der Waals surface area contributed by atoms with Gasteiger partial charge in [-0.3, -0.25) is 4.79 Å².